The van der Waals surface area contributed by atoms with E-state index >= 15 is 0 Å². The Hall–Kier alpha value is -2.42. The Kier molecular flexibility index (Phi) is 5.47. The largest absolute Gasteiger partial charge is 0.741 e. The first kappa shape index (κ1) is 20.3. The van der Waals surface area contributed by atoms with E-state index in [1.54, 1.807) is 0 Å². The quantitative estimate of drug-likeness (QED) is 0.211. The Morgan fingerprint density at radius 2 is 1.18 bits per heavy atom. The van der Waals surface area contributed by atoms with Crippen LogP contribution in [0.1, 0.15) is 5.56 Å². The first-order valence-electron chi connectivity index (χ1n) is 8.12. The molecule has 0 bridgehead atoms. The van der Waals surface area contributed by atoms with Crippen LogP contribution in [0.25, 0.3) is 25.1 Å². The zero-order valence-electron chi connectivity index (χ0n) is 14.6. The van der Waals surface area contributed by atoms with Gasteiger partial charge in [-0.1, -0.05) is 42.5 Å². The van der Waals surface area contributed by atoms with E-state index < -0.39 is 15.6 Å². The van der Waals surface area contributed by atoms with Crippen molar-refractivity contribution in [1.29, 1.82) is 0 Å². The molecule has 8 heteroatoms. The Morgan fingerprint density at radius 3 is 1.61 bits per heavy atom. The summed E-state index contributed by atoms with van der Waals surface area (Å²) < 4.78 is 61.8. The molecule has 0 amide bonds. The van der Waals surface area contributed by atoms with E-state index in [1.807, 2.05) is 0 Å². The average Bonchev–Trinajstić information content (AvgIpc) is 2.96. The summed E-state index contributed by atoms with van der Waals surface area (Å²) in [5, 5.41) is 2.80. The molecule has 28 heavy (non-hydrogen) atoms. The molecule has 4 rings (SSSR count). The molecule has 0 N–H and O–H groups in total. The van der Waals surface area contributed by atoms with Crippen LogP contribution in [0.3, 0.4) is 0 Å². The Balaban J connectivity index is 0.000000242. The van der Waals surface area contributed by atoms with Gasteiger partial charge in [-0.2, -0.15) is 13.2 Å². The molecule has 0 radical (unpaired) electrons. The second kappa shape index (κ2) is 7.54. The highest BCUT2D eigenvalue weighted by molar-refractivity contribution is 7.86. The molecule has 0 saturated heterocycles. The molecule has 0 aliphatic carbocycles. The highest BCUT2D eigenvalue weighted by Crippen LogP contribution is 2.48. The van der Waals surface area contributed by atoms with Crippen molar-refractivity contribution in [3.8, 4) is 4.90 Å². The lowest BCUT2D eigenvalue weighted by Crippen LogP contribution is -2.21. The van der Waals surface area contributed by atoms with Crippen molar-refractivity contribution in [3.63, 3.8) is 0 Å². The molecule has 3 aromatic carbocycles. The first-order chi connectivity index (χ1) is 13.1. The number of hydrogen-bond acceptors (Lipinski definition) is 3. The van der Waals surface area contributed by atoms with E-state index in [0.29, 0.717) is 0 Å². The molecule has 0 fully saturated rings. The van der Waals surface area contributed by atoms with E-state index in [0.717, 1.165) is 0 Å². The van der Waals surface area contributed by atoms with Crippen molar-refractivity contribution in [3.05, 3.63) is 78.4 Å². The highest BCUT2D eigenvalue weighted by atomic mass is 32.2. The second-order valence-corrected chi connectivity index (χ2v) is 9.27. The first-order valence-corrected chi connectivity index (χ1v) is 10.7. The third-order valence-corrected chi connectivity index (χ3v) is 7.16. The fraction of sp³-hybridized carbons (Fsp3) is 0.100. The minimum Gasteiger partial charge on any atom is -0.741 e. The molecule has 0 atom stereocenters. The topological polar surface area (TPSA) is 57.2 Å². The zero-order chi connectivity index (χ0) is 20.5. The van der Waals surface area contributed by atoms with Crippen LogP contribution < -0.4 is 0 Å². The molecule has 0 saturated carbocycles. The van der Waals surface area contributed by atoms with Gasteiger partial charge in [0.1, 0.15) is 0 Å². The van der Waals surface area contributed by atoms with Gasteiger partial charge in [-0.15, -0.1) is 0 Å². The Labute approximate surface area is 162 Å². The maximum atomic E-state index is 10.7. The normalized spacial score (nSPS) is 12.0. The van der Waals surface area contributed by atoms with Crippen molar-refractivity contribution in [1.82, 2.24) is 0 Å². The van der Waals surface area contributed by atoms with Crippen molar-refractivity contribution in [2.24, 2.45) is 0 Å². The molecular weight excluding hydrogens is 409 g/mol. The van der Waals surface area contributed by atoms with E-state index in [2.05, 4.69) is 79.7 Å². The fourth-order valence-electron chi connectivity index (χ4n) is 2.88. The SMILES string of the molecule is Cc1ccccc1-[s+]1c2ccccc2c2ccccc21.O=S(=O)([O-])C(F)(F)F. The van der Waals surface area contributed by atoms with Gasteiger partial charge >= 0.3 is 5.51 Å². The van der Waals surface area contributed by atoms with Crippen molar-refractivity contribution in [2.75, 3.05) is 0 Å². The molecule has 4 aromatic rings. The smallest absolute Gasteiger partial charge is 0.485 e. The summed E-state index contributed by atoms with van der Waals surface area (Å²) in [6.45, 7) is 2.21. The minimum absolute atomic E-state index is 0.0479. The van der Waals surface area contributed by atoms with E-state index in [4.69, 9.17) is 13.0 Å². The van der Waals surface area contributed by atoms with Crippen LogP contribution >= 0.6 is 10.5 Å². The van der Waals surface area contributed by atoms with Crippen LogP contribution in [-0.4, -0.2) is 18.5 Å². The number of alkyl halides is 3. The van der Waals surface area contributed by atoms with Gasteiger partial charge in [-0.25, -0.2) is 8.42 Å². The predicted octanol–water partition coefficient (Wildman–Crippen LogP) is 6.09. The molecule has 0 aliphatic rings. The fourth-order valence-corrected chi connectivity index (χ4v) is 5.42. The van der Waals surface area contributed by atoms with E-state index in [-0.39, 0.29) is 10.5 Å². The summed E-state index contributed by atoms with van der Waals surface area (Å²) in [7, 11) is -6.04. The van der Waals surface area contributed by atoms with Crippen molar-refractivity contribution >= 4 is 40.8 Å². The van der Waals surface area contributed by atoms with Crippen LogP contribution in [0.2, 0.25) is 0 Å². The molecule has 1 aromatic heterocycles. The summed E-state index contributed by atoms with van der Waals surface area (Å²) in [4.78, 5) is 1.45. The zero-order valence-corrected chi connectivity index (χ0v) is 16.2. The summed E-state index contributed by atoms with van der Waals surface area (Å²) in [6.07, 6.45) is 0. The lowest BCUT2D eigenvalue weighted by Gasteiger charge is -2.08. The van der Waals surface area contributed by atoms with Gasteiger partial charge in [0, 0.05) is 26.8 Å². The monoisotopic (exact) mass is 424 g/mol. The number of fused-ring (bicyclic) bond motifs is 3. The molecule has 146 valence electrons. The lowest BCUT2D eigenvalue weighted by molar-refractivity contribution is -0.0517. The minimum atomic E-state index is -6.09. The van der Waals surface area contributed by atoms with Crippen LogP contribution in [0.4, 0.5) is 13.2 Å². The lowest BCUT2D eigenvalue weighted by atomic mass is 10.2. The Bertz CT molecular complexity index is 1190. The predicted molar refractivity (Wildman–Crippen MR) is 106 cm³/mol. The third kappa shape index (κ3) is 3.89. The number of rotatable bonds is 1. The molecule has 0 spiro atoms. The molecule has 0 unspecified atom stereocenters. The van der Waals surface area contributed by atoms with Crippen molar-refractivity contribution in [2.45, 2.75) is 12.4 Å². The summed E-state index contributed by atoms with van der Waals surface area (Å²) in [6, 6.07) is 26.4. The average molecular weight is 424 g/mol. The summed E-state index contributed by atoms with van der Waals surface area (Å²) in [5.74, 6) is 0. The number of aryl methyl sites for hydroxylation is 1. The van der Waals surface area contributed by atoms with E-state index in [9.17, 15) is 13.2 Å². The van der Waals surface area contributed by atoms with Gasteiger partial charge in [0.05, 0.1) is 0 Å². The maximum Gasteiger partial charge on any atom is 0.485 e. The number of benzene rings is 3. The molecule has 3 nitrogen and oxygen atoms in total. The van der Waals surface area contributed by atoms with Gasteiger partial charge in [-0.05, 0) is 37.3 Å². The molecule has 1 heterocycles. The Morgan fingerprint density at radius 1 is 0.786 bits per heavy atom. The summed E-state index contributed by atoms with van der Waals surface area (Å²) >= 11 is 0. The highest BCUT2D eigenvalue weighted by Gasteiger charge is 2.36. The van der Waals surface area contributed by atoms with Gasteiger partial charge in [0.25, 0.3) is 0 Å². The number of thiophene rings is 1. The van der Waals surface area contributed by atoms with Gasteiger partial charge in [0.2, 0.25) is 0 Å². The maximum absolute atomic E-state index is 10.7. The van der Waals surface area contributed by atoms with Gasteiger partial charge in [-0.3, -0.25) is 0 Å². The van der Waals surface area contributed by atoms with Crippen LogP contribution in [0.15, 0.2) is 72.8 Å². The van der Waals surface area contributed by atoms with Crippen molar-refractivity contribution < 1.29 is 26.1 Å². The molecule has 0 aliphatic heterocycles. The van der Waals surface area contributed by atoms with Gasteiger partial charge in [0.15, 0.2) is 24.4 Å². The van der Waals surface area contributed by atoms with Gasteiger partial charge < -0.3 is 4.55 Å². The van der Waals surface area contributed by atoms with Crippen LogP contribution in [0, 0.1) is 6.92 Å². The standard InChI is InChI=1S/C19H15S.CHF3O3S/c1-14-8-2-5-11-17(14)20-18-12-6-3-9-15(18)16-10-4-7-13-19(16)20;2-1(3,4)8(5,6)7/h2-13H,1H3;(H,5,6,7)/q+1;/p-1. The number of hydrogen-bond donors (Lipinski definition) is 0. The van der Waals surface area contributed by atoms with Crippen LogP contribution in [-0.2, 0) is 10.1 Å². The van der Waals surface area contributed by atoms with E-state index in [1.165, 1.54) is 30.6 Å². The molecular formula is C20H15F3O3S2. The van der Waals surface area contributed by atoms with Crippen LogP contribution in [0.5, 0.6) is 0 Å². The third-order valence-electron chi connectivity index (χ3n) is 4.10. The summed E-state index contributed by atoms with van der Waals surface area (Å²) in [5.41, 5.74) is -4.27. The second-order valence-electron chi connectivity index (χ2n) is 5.96. The number of halogens is 3.